The Bertz CT molecular complexity index is 380. The molecule has 0 aliphatic rings. The Kier molecular flexibility index (Phi) is 0.463. The molecule has 1 aromatic carbocycles. The number of halogens is 1. The first-order chi connectivity index (χ1) is 6.68. The van der Waals surface area contributed by atoms with Crippen molar-refractivity contribution >= 4 is 15.9 Å². The van der Waals surface area contributed by atoms with Crippen LogP contribution in [0.1, 0.15) is 15.2 Å². The molecule has 0 atom stereocenters. The second-order valence-corrected chi connectivity index (χ2v) is 1.98. The molecule has 0 spiro atoms. The molecule has 0 nitrogen and oxygen atoms in total. The van der Waals surface area contributed by atoms with E-state index in [1.54, 1.807) is 0 Å². The predicted molar refractivity (Wildman–Crippen MR) is 38.9 cm³/mol. The lowest BCUT2D eigenvalue weighted by atomic mass is 10.3. The summed E-state index contributed by atoms with van der Waals surface area (Å²) in [6.07, 6.45) is 0. The van der Waals surface area contributed by atoms with Crippen LogP contribution in [0.4, 0.5) is 0 Å². The highest BCUT2D eigenvalue weighted by Gasteiger charge is 1.82. The van der Waals surface area contributed by atoms with Gasteiger partial charge in [-0.15, -0.1) is 0 Å². The molecule has 0 aromatic heterocycles. The van der Waals surface area contributed by atoms with Gasteiger partial charge in [0, 0.05) is 8.58 Å². The van der Waals surface area contributed by atoms with Crippen molar-refractivity contribution in [3.63, 3.8) is 0 Å². The molecule has 42 valence electrons. The van der Waals surface area contributed by atoms with Gasteiger partial charge in [0.1, 0.15) is 0 Å². The van der Waals surface area contributed by atoms with Gasteiger partial charge in [-0.05, 0) is 18.9 Å². The summed E-state index contributed by atoms with van der Waals surface area (Å²) in [5.41, 5.74) is -0.490. The van der Waals surface area contributed by atoms with E-state index < -0.39 is 30.5 Å². The van der Waals surface area contributed by atoms with E-state index >= 15 is 0 Å². The summed E-state index contributed by atoms with van der Waals surface area (Å²) < 4.78 is 51.0. The van der Waals surface area contributed by atoms with Crippen molar-refractivity contribution in [3.8, 4) is 0 Å². The second-order valence-electron chi connectivity index (χ2n) is 1.19. The van der Waals surface area contributed by atoms with Crippen LogP contribution in [0.25, 0.3) is 0 Å². The van der Waals surface area contributed by atoms with Crippen molar-refractivity contribution in [1.29, 1.82) is 0 Å². The minimum absolute atomic E-state index is 0.0605. The van der Waals surface area contributed by atoms with E-state index in [0.29, 0.717) is 0 Å². The van der Waals surface area contributed by atoms with Crippen LogP contribution in [0, 0.1) is 6.85 Å². The maximum absolute atomic E-state index is 7.50. The molecule has 0 radical (unpaired) electrons. The first-order valence-electron chi connectivity index (χ1n) is 5.44. The maximum atomic E-state index is 7.50. The maximum Gasteiger partial charge on any atom is 0.0637 e. The Hall–Kier alpha value is -0.300. The standard InChI is InChI=1S/C7H7Br/c1-6-3-2-4-7(8)5-6/h2-5H,1H3/i1+1D3,2D,3D,4D,5D. The van der Waals surface area contributed by atoms with Gasteiger partial charge < -0.3 is 0 Å². The Morgan fingerprint density at radius 1 is 1.75 bits per heavy atom. The third kappa shape index (κ3) is 1.34. The summed E-state index contributed by atoms with van der Waals surface area (Å²) in [5.74, 6) is 0. The van der Waals surface area contributed by atoms with Crippen LogP contribution >= 0.6 is 15.9 Å². The molecular weight excluding hydrogens is 165 g/mol. The smallest absolute Gasteiger partial charge is 0.0609 e. The van der Waals surface area contributed by atoms with Gasteiger partial charge in [-0.25, -0.2) is 0 Å². The molecule has 0 saturated heterocycles. The average Bonchev–Trinajstić information content (AvgIpc) is 2.09. The van der Waals surface area contributed by atoms with E-state index in [4.69, 9.17) is 9.60 Å². The molecule has 8 heavy (non-hydrogen) atoms. The largest absolute Gasteiger partial charge is 0.0637 e. The van der Waals surface area contributed by atoms with Crippen LogP contribution in [0.5, 0.6) is 0 Å². The van der Waals surface area contributed by atoms with E-state index in [1.807, 2.05) is 0 Å². The Morgan fingerprint density at radius 3 is 3.38 bits per heavy atom. The van der Waals surface area contributed by atoms with Crippen LogP contribution in [0.2, 0.25) is 0 Å². The zero-order valence-corrected chi connectivity index (χ0v) is 5.46. The molecule has 0 aliphatic heterocycles. The van der Waals surface area contributed by atoms with Crippen molar-refractivity contribution in [3.05, 3.63) is 34.2 Å². The third-order valence-electron chi connectivity index (χ3n) is 0.594. The summed E-state index contributed by atoms with van der Waals surface area (Å²) in [4.78, 5) is 0. The number of rotatable bonds is 0. The fourth-order valence-corrected chi connectivity index (χ4v) is 0.618. The van der Waals surface area contributed by atoms with Gasteiger partial charge >= 0.3 is 0 Å². The first kappa shape index (κ1) is 1.60. The molecule has 0 saturated carbocycles. The predicted octanol–water partition coefficient (Wildman–Crippen LogP) is 2.76. The molecule has 0 N–H and O–H groups in total. The minimum atomic E-state index is -2.61. The van der Waals surface area contributed by atoms with Crippen molar-refractivity contribution in [1.82, 2.24) is 0 Å². The van der Waals surface area contributed by atoms with Crippen molar-refractivity contribution in [2.24, 2.45) is 0 Å². The lowest BCUT2D eigenvalue weighted by Gasteiger charge is -1.89. The quantitative estimate of drug-likeness (QED) is 0.537. The van der Waals surface area contributed by atoms with Crippen molar-refractivity contribution < 1.29 is 9.60 Å². The van der Waals surface area contributed by atoms with E-state index in [-0.39, 0.29) is 10.5 Å². The summed E-state index contributed by atoms with van der Waals surface area (Å²) in [6, 6.07) is -1.81. The third-order valence-corrected chi connectivity index (χ3v) is 0.991. The SMILES string of the molecule is [2H]c1c([2H])c(Br)c([2H])c([13C]([2H])([2H])[2H])c1[2H]. The normalized spacial score (nSPS) is 23.4. The summed E-state index contributed by atoms with van der Waals surface area (Å²) in [6.45, 7) is -2.61. The van der Waals surface area contributed by atoms with Gasteiger partial charge in [0.25, 0.3) is 0 Å². The van der Waals surface area contributed by atoms with Gasteiger partial charge in [-0.3, -0.25) is 0 Å². The van der Waals surface area contributed by atoms with Gasteiger partial charge in [-0.1, -0.05) is 33.6 Å². The minimum Gasteiger partial charge on any atom is -0.0609 e. The van der Waals surface area contributed by atoms with Crippen LogP contribution in [0.3, 0.4) is 0 Å². The fraction of sp³-hybridized carbons (Fsp3) is 0.143. The average molecular weight is 179 g/mol. The highest BCUT2D eigenvalue weighted by atomic mass is 79.9. The second kappa shape index (κ2) is 2.31. The molecule has 0 bridgehead atoms. The van der Waals surface area contributed by atoms with Gasteiger partial charge in [0.05, 0.1) is 5.48 Å². The molecule has 0 amide bonds. The topological polar surface area (TPSA) is 0 Å². The summed E-state index contributed by atoms with van der Waals surface area (Å²) in [7, 11) is 0. The Labute approximate surface area is 67.5 Å². The number of benzene rings is 1. The lowest BCUT2D eigenvalue weighted by molar-refractivity contribution is 1.45. The monoisotopic (exact) mass is 178 g/mol. The summed E-state index contributed by atoms with van der Waals surface area (Å²) in [5, 5.41) is 0. The zero-order valence-electron chi connectivity index (χ0n) is 10.9. The van der Waals surface area contributed by atoms with Crippen molar-refractivity contribution in [2.75, 3.05) is 0 Å². The molecule has 0 heterocycles. The molecule has 1 rings (SSSR count). The van der Waals surface area contributed by atoms with Crippen LogP contribution in [-0.4, -0.2) is 0 Å². The van der Waals surface area contributed by atoms with Crippen LogP contribution in [0.15, 0.2) is 28.6 Å². The van der Waals surface area contributed by atoms with Gasteiger partial charge in [-0.2, -0.15) is 0 Å². The summed E-state index contributed by atoms with van der Waals surface area (Å²) >= 11 is 2.88. The lowest BCUT2D eigenvalue weighted by Crippen LogP contribution is -1.67. The number of hydrogen-bond acceptors (Lipinski definition) is 0. The molecule has 0 fully saturated rings. The highest BCUT2D eigenvalue weighted by Crippen LogP contribution is 2.09. The molecular formula is C7H7Br. The molecule has 1 heteroatoms. The fourth-order valence-electron chi connectivity index (χ4n) is 0.321. The molecule has 0 aliphatic carbocycles. The van der Waals surface area contributed by atoms with E-state index in [1.165, 1.54) is 0 Å². The van der Waals surface area contributed by atoms with E-state index in [2.05, 4.69) is 15.9 Å². The molecule has 1 aromatic rings. The van der Waals surface area contributed by atoms with E-state index in [9.17, 15) is 0 Å². The number of hydrogen-bond donors (Lipinski definition) is 0. The van der Waals surface area contributed by atoms with E-state index in [0.717, 1.165) is 0 Å². The van der Waals surface area contributed by atoms with Crippen LogP contribution < -0.4 is 0 Å². The van der Waals surface area contributed by atoms with Crippen molar-refractivity contribution in [2.45, 2.75) is 6.85 Å². The first-order valence-corrected chi connectivity index (χ1v) is 2.73. The van der Waals surface area contributed by atoms with Gasteiger partial charge in [0.2, 0.25) is 0 Å². The Balaban J connectivity index is 3.68. The zero-order chi connectivity index (χ0) is 12.0. The van der Waals surface area contributed by atoms with Crippen LogP contribution in [-0.2, 0) is 0 Å². The highest BCUT2D eigenvalue weighted by molar-refractivity contribution is 9.10. The molecule has 0 unspecified atom stereocenters. The Morgan fingerprint density at radius 2 is 2.62 bits per heavy atom. The van der Waals surface area contributed by atoms with Gasteiger partial charge in [0.15, 0.2) is 0 Å².